The summed E-state index contributed by atoms with van der Waals surface area (Å²) < 4.78 is 4.89. The van der Waals surface area contributed by atoms with Crippen LogP contribution < -0.4 is 4.74 Å². The van der Waals surface area contributed by atoms with E-state index >= 15 is 0 Å². The second kappa shape index (κ2) is 7.07. The number of phenolic OH excluding ortho intramolecular Hbond substituents is 1. The number of carbonyl (C=O) groups excluding carboxylic acids is 1. The number of carbonyl (C=O) groups is 1. The van der Waals surface area contributed by atoms with Crippen LogP contribution in [0, 0.1) is 21.4 Å². The summed E-state index contributed by atoms with van der Waals surface area (Å²) in [6.07, 6.45) is 2.63. The molecule has 120 valence electrons. The second-order valence-corrected chi connectivity index (χ2v) is 4.73. The van der Waals surface area contributed by atoms with Crippen LogP contribution in [0.2, 0.25) is 0 Å². The van der Waals surface area contributed by atoms with Crippen molar-refractivity contribution in [3.05, 3.63) is 69.3 Å². The lowest BCUT2D eigenvalue weighted by molar-refractivity contribution is -0.386. The van der Waals surface area contributed by atoms with Crippen LogP contribution in [0.3, 0.4) is 0 Å². The van der Waals surface area contributed by atoms with Gasteiger partial charge in [0.15, 0.2) is 11.5 Å². The number of rotatable bonds is 5. The molecule has 0 bridgehead atoms. The predicted octanol–water partition coefficient (Wildman–Crippen LogP) is 3.08. The van der Waals surface area contributed by atoms with E-state index in [0.29, 0.717) is 16.7 Å². The highest BCUT2D eigenvalue weighted by molar-refractivity contribution is 6.06. The Labute approximate surface area is 137 Å². The van der Waals surface area contributed by atoms with E-state index in [2.05, 4.69) is 0 Å². The average molecular weight is 324 g/mol. The van der Waals surface area contributed by atoms with E-state index in [1.54, 1.807) is 0 Å². The Morgan fingerprint density at radius 3 is 2.54 bits per heavy atom. The molecule has 0 aliphatic carbocycles. The van der Waals surface area contributed by atoms with E-state index in [1.165, 1.54) is 49.6 Å². The number of ether oxygens (including phenoxy) is 1. The SMILES string of the molecule is COc1cc(/C=C/C(=O)c2ccc(C#N)cc2)cc([N+](=O)[O-])c1O. The maximum atomic E-state index is 12.1. The average Bonchev–Trinajstić information content (AvgIpc) is 2.60. The van der Waals surface area contributed by atoms with Gasteiger partial charge in [0.05, 0.1) is 23.7 Å². The number of nitriles is 1. The molecule has 0 aliphatic rings. The predicted molar refractivity (Wildman–Crippen MR) is 85.8 cm³/mol. The number of allylic oxidation sites excluding steroid dienone is 1. The van der Waals surface area contributed by atoms with Gasteiger partial charge in [0.1, 0.15) is 0 Å². The Hall–Kier alpha value is -3.66. The van der Waals surface area contributed by atoms with E-state index in [4.69, 9.17) is 10.00 Å². The zero-order valence-corrected chi connectivity index (χ0v) is 12.6. The molecule has 0 heterocycles. The minimum atomic E-state index is -0.738. The fourth-order valence-electron chi connectivity index (χ4n) is 1.98. The van der Waals surface area contributed by atoms with E-state index in [9.17, 15) is 20.0 Å². The minimum absolute atomic E-state index is 0.0605. The summed E-state index contributed by atoms with van der Waals surface area (Å²) in [6, 6.07) is 10.6. The van der Waals surface area contributed by atoms with Crippen LogP contribution in [0.15, 0.2) is 42.5 Å². The summed E-state index contributed by atoms with van der Waals surface area (Å²) in [5, 5.41) is 29.4. The van der Waals surface area contributed by atoms with E-state index in [1.807, 2.05) is 6.07 Å². The summed E-state index contributed by atoms with van der Waals surface area (Å²) in [4.78, 5) is 22.3. The summed E-state index contributed by atoms with van der Waals surface area (Å²) in [5.41, 5.74) is 0.637. The fourth-order valence-corrected chi connectivity index (χ4v) is 1.98. The monoisotopic (exact) mass is 324 g/mol. The van der Waals surface area contributed by atoms with Crippen LogP contribution in [0.25, 0.3) is 6.08 Å². The summed E-state index contributed by atoms with van der Waals surface area (Å²) in [5.74, 6) is -0.957. The van der Waals surface area contributed by atoms with Gasteiger partial charge in [-0.2, -0.15) is 5.26 Å². The molecule has 0 fully saturated rings. The van der Waals surface area contributed by atoms with Gasteiger partial charge in [-0.3, -0.25) is 14.9 Å². The fraction of sp³-hybridized carbons (Fsp3) is 0.0588. The molecule has 7 nitrogen and oxygen atoms in total. The molecule has 0 amide bonds. The lowest BCUT2D eigenvalue weighted by Crippen LogP contribution is -1.95. The van der Waals surface area contributed by atoms with Crippen molar-refractivity contribution in [3.8, 4) is 17.6 Å². The first-order valence-electron chi connectivity index (χ1n) is 6.74. The van der Waals surface area contributed by atoms with Crippen molar-refractivity contribution < 1.29 is 19.6 Å². The van der Waals surface area contributed by atoms with Crippen LogP contribution in [0.4, 0.5) is 5.69 Å². The highest BCUT2D eigenvalue weighted by atomic mass is 16.6. The van der Waals surface area contributed by atoms with Crippen molar-refractivity contribution in [1.29, 1.82) is 5.26 Å². The first-order valence-corrected chi connectivity index (χ1v) is 6.74. The van der Waals surface area contributed by atoms with Crippen LogP contribution in [-0.2, 0) is 0 Å². The number of nitrogens with zero attached hydrogens (tertiary/aromatic N) is 2. The number of nitro groups is 1. The molecule has 24 heavy (non-hydrogen) atoms. The van der Waals surface area contributed by atoms with E-state index < -0.39 is 16.4 Å². The first-order chi connectivity index (χ1) is 11.5. The van der Waals surface area contributed by atoms with Gasteiger partial charge in [0, 0.05) is 11.6 Å². The van der Waals surface area contributed by atoms with Crippen molar-refractivity contribution >= 4 is 17.5 Å². The lowest BCUT2D eigenvalue weighted by Gasteiger charge is -2.05. The van der Waals surface area contributed by atoms with Crippen LogP contribution >= 0.6 is 0 Å². The Balaban J connectivity index is 2.30. The number of methoxy groups -OCH3 is 1. The molecule has 0 spiro atoms. The maximum Gasteiger partial charge on any atom is 0.315 e. The van der Waals surface area contributed by atoms with Crippen LogP contribution in [0.5, 0.6) is 11.5 Å². The number of nitro benzene ring substituents is 1. The molecular formula is C17H12N2O5. The summed E-state index contributed by atoms with van der Waals surface area (Å²) in [6.45, 7) is 0. The smallest absolute Gasteiger partial charge is 0.315 e. The maximum absolute atomic E-state index is 12.1. The molecule has 0 saturated heterocycles. The van der Waals surface area contributed by atoms with Gasteiger partial charge < -0.3 is 9.84 Å². The molecule has 0 radical (unpaired) electrons. The Bertz CT molecular complexity index is 864. The number of hydrogen-bond acceptors (Lipinski definition) is 6. The molecule has 0 saturated carbocycles. The minimum Gasteiger partial charge on any atom is -0.500 e. The summed E-state index contributed by atoms with van der Waals surface area (Å²) in [7, 11) is 1.27. The first kappa shape index (κ1) is 16.7. The highest BCUT2D eigenvalue weighted by Crippen LogP contribution is 2.37. The van der Waals surface area contributed by atoms with Gasteiger partial charge in [0.2, 0.25) is 5.75 Å². The largest absolute Gasteiger partial charge is 0.500 e. The van der Waals surface area contributed by atoms with Gasteiger partial charge in [-0.25, -0.2) is 0 Å². The molecule has 2 aromatic rings. The third-order valence-corrected chi connectivity index (χ3v) is 3.22. The molecule has 0 atom stereocenters. The van der Waals surface area contributed by atoms with Crippen LogP contribution in [-0.4, -0.2) is 22.9 Å². The van der Waals surface area contributed by atoms with Crippen molar-refractivity contribution in [1.82, 2.24) is 0 Å². The second-order valence-electron chi connectivity index (χ2n) is 4.73. The number of ketones is 1. The molecule has 0 aromatic heterocycles. The van der Waals surface area contributed by atoms with Gasteiger partial charge in [0.25, 0.3) is 0 Å². The van der Waals surface area contributed by atoms with Crippen LogP contribution in [0.1, 0.15) is 21.5 Å². The zero-order chi connectivity index (χ0) is 17.7. The van der Waals surface area contributed by atoms with Crippen molar-refractivity contribution in [2.24, 2.45) is 0 Å². The number of hydrogen-bond donors (Lipinski definition) is 1. The summed E-state index contributed by atoms with van der Waals surface area (Å²) >= 11 is 0. The molecule has 2 rings (SSSR count). The number of aromatic hydroxyl groups is 1. The normalized spacial score (nSPS) is 10.3. The molecule has 2 aromatic carbocycles. The Morgan fingerprint density at radius 1 is 1.33 bits per heavy atom. The Morgan fingerprint density at radius 2 is 2.00 bits per heavy atom. The van der Waals surface area contributed by atoms with E-state index in [0.717, 1.165) is 6.07 Å². The van der Waals surface area contributed by atoms with E-state index in [-0.39, 0.29) is 11.5 Å². The molecule has 0 unspecified atom stereocenters. The highest BCUT2D eigenvalue weighted by Gasteiger charge is 2.19. The van der Waals surface area contributed by atoms with Gasteiger partial charge >= 0.3 is 5.69 Å². The Kier molecular flexibility index (Phi) is 4.92. The van der Waals surface area contributed by atoms with Gasteiger partial charge in [-0.1, -0.05) is 6.08 Å². The number of phenols is 1. The molecule has 1 N–H and O–H groups in total. The molecule has 0 aliphatic heterocycles. The molecule has 7 heteroatoms. The topological polar surface area (TPSA) is 113 Å². The zero-order valence-electron chi connectivity index (χ0n) is 12.6. The quantitative estimate of drug-likeness (QED) is 0.391. The van der Waals surface area contributed by atoms with Gasteiger partial charge in [-0.05, 0) is 42.0 Å². The number of benzene rings is 2. The van der Waals surface area contributed by atoms with Crippen molar-refractivity contribution in [2.75, 3.05) is 7.11 Å². The standard InChI is InChI=1S/C17H12N2O5/c1-24-16-9-12(8-14(17(16)21)19(22)23)4-7-15(20)13-5-2-11(10-18)3-6-13/h2-9,21H,1H3/b7-4+. The van der Waals surface area contributed by atoms with Crippen molar-refractivity contribution in [3.63, 3.8) is 0 Å². The molecular weight excluding hydrogens is 312 g/mol. The lowest BCUT2D eigenvalue weighted by atomic mass is 10.1. The third kappa shape index (κ3) is 3.56. The van der Waals surface area contributed by atoms with Crippen molar-refractivity contribution in [2.45, 2.75) is 0 Å². The third-order valence-electron chi connectivity index (χ3n) is 3.22. The van der Waals surface area contributed by atoms with Gasteiger partial charge in [-0.15, -0.1) is 0 Å².